The molecule has 2 atom stereocenters. The van der Waals surface area contributed by atoms with Gasteiger partial charge >= 0.3 is 5.97 Å². The predicted octanol–water partition coefficient (Wildman–Crippen LogP) is 0.0758. The van der Waals surface area contributed by atoms with Crippen LogP contribution in [0, 0.1) is 0 Å². The Morgan fingerprint density at radius 2 is 2.33 bits per heavy atom. The van der Waals surface area contributed by atoms with Crippen molar-refractivity contribution in [2.45, 2.75) is 12.5 Å². The van der Waals surface area contributed by atoms with Crippen molar-refractivity contribution >= 4 is 28.7 Å². The Morgan fingerprint density at radius 3 is 2.67 bits per heavy atom. The van der Waals surface area contributed by atoms with Gasteiger partial charge < -0.3 is 5.11 Å². The van der Waals surface area contributed by atoms with Crippen molar-refractivity contribution in [3.05, 3.63) is 0 Å². The van der Waals surface area contributed by atoms with Gasteiger partial charge in [0.05, 0.1) is 11.0 Å². The highest BCUT2D eigenvalue weighted by atomic mass is 32.2. The summed E-state index contributed by atoms with van der Waals surface area (Å²) in [6.45, 7) is 0. The Kier molecular flexibility index (Phi) is 6.41. The van der Waals surface area contributed by atoms with Gasteiger partial charge in [0.2, 0.25) is 0 Å². The molecule has 1 unspecified atom stereocenters. The van der Waals surface area contributed by atoms with Crippen LogP contribution < -0.4 is 4.72 Å². The lowest BCUT2D eigenvalue weighted by molar-refractivity contribution is -0.138. The largest absolute Gasteiger partial charge is 0.480 e. The maximum absolute atomic E-state index is 10.7. The molecular weight excluding hydrogens is 198 g/mol. The topological polar surface area (TPSA) is 66.4 Å². The maximum atomic E-state index is 10.7. The van der Waals surface area contributed by atoms with Gasteiger partial charge in [0, 0.05) is 6.26 Å². The van der Waals surface area contributed by atoms with Crippen molar-refractivity contribution in [1.82, 2.24) is 4.72 Å². The molecule has 0 aromatic rings. The third-order valence-corrected chi connectivity index (χ3v) is 2.48. The van der Waals surface area contributed by atoms with Crippen molar-refractivity contribution in [3.8, 4) is 0 Å². The molecule has 0 spiro atoms. The van der Waals surface area contributed by atoms with E-state index >= 15 is 0 Å². The van der Waals surface area contributed by atoms with Gasteiger partial charge in [0.1, 0.15) is 6.04 Å². The van der Waals surface area contributed by atoms with Gasteiger partial charge in [-0.15, -0.1) is 0 Å². The Morgan fingerprint density at radius 1 is 1.75 bits per heavy atom. The summed E-state index contributed by atoms with van der Waals surface area (Å²) in [6, 6.07) is -0.691. The van der Waals surface area contributed by atoms with Gasteiger partial charge in [-0.2, -0.15) is 11.8 Å². The molecule has 6 heteroatoms. The standard InChI is InChI=1S/C6H13NO3S2/c1-11-4-3-5(6(8)9)7-12(2)10/h5,7H,3-4H2,1-2H3,(H,8,9)/t5-,12?/m0/s1. The van der Waals surface area contributed by atoms with E-state index in [0.717, 1.165) is 5.75 Å². The summed E-state index contributed by atoms with van der Waals surface area (Å²) in [4.78, 5) is 10.5. The molecule has 0 rings (SSSR count). The average molecular weight is 211 g/mol. The summed E-state index contributed by atoms with van der Waals surface area (Å²) < 4.78 is 13.1. The van der Waals surface area contributed by atoms with Crippen LogP contribution in [0.2, 0.25) is 0 Å². The minimum absolute atomic E-state index is 0.496. The zero-order chi connectivity index (χ0) is 9.56. The van der Waals surface area contributed by atoms with Crippen LogP contribution in [0.3, 0.4) is 0 Å². The third-order valence-electron chi connectivity index (χ3n) is 1.22. The summed E-state index contributed by atoms with van der Waals surface area (Å²) in [5.74, 6) is -0.194. The second kappa shape index (κ2) is 6.45. The molecule has 0 bridgehead atoms. The Hall–Kier alpha value is -0.0700. The van der Waals surface area contributed by atoms with Crippen molar-refractivity contribution < 1.29 is 14.1 Å². The van der Waals surface area contributed by atoms with Crippen molar-refractivity contribution in [3.63, 3.8) is 0 Å². The molecule has 0 aliphatic heterocycles. The fourth-order valence-electron chi connectivity index (χ4n) is 0.669. The Bertz CT molecular complexity index is 174. The summed E-state index contributed by atoms with van der Waals surface area (Å²) >= 11 is 1.57. The summed E-state index contributed by atoms with van der Waals surface area (Å²) in [5, 5.41) is 8.64. The van der Waals surface area contributed by atoms with E-state index < -0.39 is 23.0 Å². The van der Waals surface area contributed by atoms with E-state index in [1.807, 2.05) is 6.26 Å². The SMILES string of the molecule is CSCC[C@H](NS(C)=O)C(=O)O. The lowest BCUT2D eigenvalue weighted by Gasteiger charge is -2.10. The fraction of sp³-hybridized carbons (Fsp3) is 0.833. The predicted molar refractivity (Wildman–Crippen MR) is 51.6 cm³/mol. The van der Waals surface area contributed by atoms with Crippen LogP contribution in [0.25, 0.3) is 0 Å². The highest BCUT2D eigenvalue weighted by molar-refractivity contribution is 7.98. The van der Waals surface area contributed by atoms with Gasteiger partial charge in [0.25, 0.3) is 0 Å². The molecule has 0 aliphatic carbocycles. The van der Waals surface area contributed by atoms with E-state index in [4.69, 9.17) is 5.11 Å². The van der Waals surface area contributed by atoms with E-state index in [-0.39, 0.29) is 0 Å². The maximum Gasteiger partial charge on any atom is 0.321 e. The first-order chi connectivity index (χ1) is 5.57. The monoisotopic (exact) mass is 211 g/mol. The van der Waals surface area contributed by atoms with Crippen molar-refractivity contribution in [2.75, 3.05) is 18.3 Å². The number of nitrogens with one attached hydrogen (secondary N) is 1. The Balaban J connectivity index is 3.87. The van der Waals surface area contributed by atoms with Gasteiger partial charge in [0.15, 0.2) is 0 Å². The second-order valence-electron chi connectivity index (χ2n) is 2.24. The van der Waals surface area contributed by atoms with E-state index in [1.165, 1.54) is 6.26 Å². The first kappa shape index (κ1) is 11.9. The lowest BCUT2D eigenvalue weighted by atomic mass is 10.2. The minimum atomic E-state index is -1.26. The minimum Gasteiger partial charge on any atom is -0.480 e. The van der Waals surface area contributed by atoms with Gasteiger partial charge in [-0.25, -0.2) is 8.93 Å². The van der Waals surface area contributed by atoms with Crippen LogP contribution in [0.4, 0.5) is 0 Å². The van der Waals surface area contributed by atoms with Crippen molar-refractivity contribution in [1.29, 1.82) is 0 Å². The normalized spacial score (nSPS) is 15.5. The number of rotatable bonds is 6. The third kappa shape index (κ3) is 5.56. The summed E-state index contributed by atoms with van der Waals surface area (Å²) in [5.41, 5.74) is 0. The quantitative estimate of drug-likeness (QED) is 0.653. The van der Waals surface area contributed by atoms with Gasteiger partial charge in [-0.3, -0.25) is 4.79 Å². The molecule has 0 heterocycles. The highest BCUT2D eigenvalue weighted by Crippen LogP contribution is 2.00. The Labute approximate surface area is 78.7 Å². The number of hydrogen-bond acceptors (Lipinski definition) is 3. The highest BCUT2D eigenvalue weighted by Gasteiger charge is 2.16. The molecule has 12 heavy (non-hydrogen) atoms. The number of aliphatic carboxylic acids is 1. The molecule has 0 saturated carbocycles. The zero-order valence-corrected chi connectivity index (χ0v) is 8.70. The molecule has 0 aromatic heterocycles. The first-order valence-corrected chi connectivity index (χ1v) is 6.34. The molecule has 0 amide bonds. The fourth-order valence-corrected chi connectivity index (χ4v) is 1.76. The van der Waals surface area contributed by atoms with E-state index in [9.17, 15) is 9.00 Å². The number of carbonyl (C=O) groups is 1. The van der Waals surface area contributed by atoms with Crippen LogP contribution in [0.5, 0.6) is 0 Å². The summed E-state index contributed by atoms with van der Waals surface area (Å²) in [7, 11) is -1.26. The molecule has 0 aliphatic rings. The van der Waals surface area contributed by atoms with Crippen LogP contribution in [0.15, 0.2) is 0 Å². The van der Waals surface area contributed by atoms with Crippen molar-refractivity contribution in [2.24, 2.45) is 0 Å². The smallest absolute Gasteiger partial charge is 0.321 e. The molecule has 4 nitrogen and oxygen atoms in total. The number of carboxylic acids is 1. The van der Waals surface area contributed by atoms with E-state index in [0.29, 0.717) is 6.42 Å². The number of carboxylic acid groups (broad SMARTS) is 1. The number of hydrogen-bond donors (Lipinski definition) is 2. The molecule has 0 aromatic carbocycles. The van der Waals surface area contributed by atoms with Crippen LogP contribution in [-0.4, -0.2) is 39.6 Å². The second-order valence-corrected chi connectivity index (χ2v) is 4.37. The molecule has 0 radical (unpaired) electrons. The molecule has 0 saturated heterocycles. The van der Waals surface area contributed by atoms with Gasteiger partial charge in [-0.05, 0) is 18.4 Å². The molecule has 2 N–H and O–H groups in total. The number of thioether (sulfide) groups is 1. The van der Waals surface area contributed by atoms with E-state index in [1.54, 1.807) is 11.8 Å². The van der Waals surface area contributed by atoms with Crippen LogP contribution >= 0.6 is 11.8 Å². The van der Waals surface area contributed by atoms with Gasteiger partial charge in [-0.1, -0.05) is 0 Å². The lowest BCUT2D eigenvalue weighted by Crippen LogP contribution is -2.37. The molecule has 72 valence electrons. The summed E-state index contributed by atoms with van der Waals surface area (Å²) in [6.07, 6.45) is 3.83. The molecular formula is C6H13NO3S2. The van der Waals surface area contributed by atoms with E-state index in [2.05, 4.69) is 4.72 Å². The van der Waals surface area contributed by atoms with Crippen LogP contribution in [-0.2, 0) is 15.8 Å². The molecule has 0 fully saturated rings. The first-order valence-electron chi connectivity index (χ1n) is 3.39. The zero-order valence-electron chi connectivity index (χ0n) is 7.07. The van der Waals surface area contributed by atoms with Crippen LogP contribution in [0.1, 0.15) is 6.42 Å². The average Bonchev–Trinajstić information content (AvgIpc) is 1.96.